The Balaban J connectivity index is 1.67. The number of carbonyl (C=O) groups excluding carboxylic acids is 1. The van der Waals surface area contributed by atoms with Gasteiger partial charge >= 0.3 is 0 Å². The second kappa shape index (κ2) is 4.02. The molecular formula is C13H17N3O. The molecule has 1 aromatic rings. The first-order chi connectivity index (χ1) is 8.24. The Kier molecular flexibility index (Phi) is 2.50. The van der Waals surface area contributed by atoms with Crippen LogP contribution in [0.3, 0.4) is 0 Å². The predicted octanol–water partition coefficient (Wildman–Crippen LogP) is 1.58. The fourth-order valence-electron chi connectivity index (χ4n) is 2.31. The van der Waals surface area contributed by atoms with Crippen LogP contribution >= 0.6 is 0 Å². The first-order valence-corrected chi connectivity index (χ1v) is 6.26. The zero-order chi connectivity index (χ0) is 11.8. The molecule has 0 unspecified atom stereocenters. The Hall–Kier alpha value is -1.58. The highest BCUT2D eigenvalue weighted by atomic mass is 16.1. The number of amides is 1. The molecule has 0 aliphatic heterocycles. The van der Waals surface area contributed by atoms with Gasteiger partial charge in [-0.2, -0.15) is 0 Å². The molecule has 2 aliphatic carbocycles. The molecule has 3 rings (SSSR count). The number of hydrogen-bond donors (Lipinski definition) is 2. The molecule has 2 saturated carbocycles. The van der Waals surface area contributed by atoms with Crippen LogP contribution in [0.5, 0.6) is 0 Å². The van der Waals surface area contributed by atoms with E-state index >= 15 is 0 Å². The van der Waals surface area contributed by atoms with Crippen molar-refractivity contribution in [2.75, 3.05) is 5.73 Å². The molecule has 0 atom stereocenters. The van der Waals surface area contributed by atoms with E-state index in [1.807, 2.05) is 0 Å². The van der Waals surface area contributed by atoms with Gasteiger partial charge in [-0.25, -0.2) is 4.98 Å². The maximum absolute atomic E-state index is 12.0. The molecule has 0 bridgehead atoms. The lowest BCUT2D eigenvalue weighted by Crippen LogP contribution is -2.38. The molecular weight excluding hydrogens is 214 g/mol. The average molecular weight is 231 g/mol. The first kappa shape index (κ1) is 10.6. The lowest BCUT2D eigenvalue weighted by Gasteiger charge is -2.17. The maximum atomic E-state index is 12.0. The van der Waals surface area contributed by atoms with Gasteiger partial charge in [0.1, 0.15) is 5.82 Å². The third-order valence-electron chi connectivity index (χ3n) is 3.61. The number of rotatable bonds is 4. The van der Waals surface area contributed by atoms with Gasteiger partial charge < -0.3 is 11.1 Å². The molecule has 3 N–H and O–H groups in total. The minimum absolute atomic E-state index is 0.0127. The number of anilines is 1. The van der Waals surface area contributed by atoms with Gasteiger partial charge in [-0.15, -0.1) is 0 Å². The fourth-order valence-corrected chi connectivity index (χ4v) is 2.31. The van der Waals surface area contributed by atoms with Crippen molar-refractivity contribution in [1.82, 2.24) is 10.3 Å². The Labute approximate surface area is 101 Å². The SMILES string of the molecule is Nc1ccc(C(=O)NC(C2CC2)C2CC2)cn1. The number of pyridine rings is 1. The van der Waals surface area contributed by atoms with Crippen LogP contribution in [0.1, 0.15) is 36.0 Å². The van der Waals surface area contributed by atoms with Crippen molar-refractivity contribution < 1.29 is 4.79 Å². The van der Waals surface area contributed by atoms with E-state index in [1.165, 1.54) is 25.7 Å². The van der Waals surface area contributed by atoms with Crippen LogP contribution in [0.2, 0.25) is 0 Å². The fraction of sp³-hybridized carbons (Fsp3) is 0.538. The second-order valence-corrected chi connectivity index (χ2v) is 5.15. The number of aromatic nitrogens is 1. The smallest absolute Gasteiger partial charge is 0.253 e. The zero-order valence-electron chi connectivity index (χ0n) is 9.73. The normalized spacial score (nSPS) is 19.4. The van der Waals surface area contributed by atoms with Gasteiger partial charge in [0.15, 0.2) is 0 Å². The van der Waals surface area contributed by atoms with Crippen molar-refractivity contribution in [3.8, 4) is 0 Å². The number of nitrogens with one attached hydrogen (secondary N) is 1. The summed E-state index contributed by atoms with van der Waals surface area (Å²) in [4.78, 5) is 16.0. The van der Waals surface area contributed by atoms with E-state index in [-0.39, 0.29) is 5.91 Å². The van der Waals surface area contributed by atoms with Gasteiger partial charge in [0.2, 0.25) is 0 Å². The average Bonchev–Trinajstić information content (AvgIpc) is 3.17. The van der Waals surface area contributed by atoms with Gasteiger partial charge in [0.25, 0.3) is 5.91 Å². The third-order valence-corrected chi connectivity index (χ3v) is 3.61. The van der Waals surface area contributed by atoms with E-state index in [0.29, 0.717) is 29.3 Å². The summed E-state index contributed by atoms with van der Waals surface area (Å²) in [5.74, 6) is 1.87. The molecule has 4 nitrogen and oxygen atoms in total. The monoisotopic (exact) mass is 231 g/mol. The Morgan fingerprint density at radius 3 is 2.41 bits per heavy atom. The minimum atomic E-state index is -0.0127. The number of nitrogens with zero attached hydrogens (tertiary/aromatic N) is 1. The van der Waals surface area contributed by atoms with Crippen LogP contribution in [-0.4, -0.2) is 16.9 Å². The number of carbonyl (C=O) groups is 1. The molecule has 2 aliphatic rings. The highest BCUT2D eigenvalue weighted by molar-refractivity contribution is 5.94. The van der Waals surface area contributed by atoms with Crippen molar-refractivity contribution in [1.29, 1.82) is 0 Å². The van der Waals surface area contributed by atoms with Crippen molar-refractivity contribution in [3.05, 3.63) is 23.9 Å². The quantitative estimate of drug-likeness (QED) is 0.826. The summed E-state index contributed by atoms with van der Waals surface area (Å²) in [6.45, 7) is 0. The van der Waals surface area contributed by atoms with Crippen molar-refractivity contribution in [2.45, 2.75) is 31.7 Å². The minimum Gasteiger partial charge on any atom is -0.384 e. The first-order valence-electron chi connectivity index (χ1n) is 6.26. The summed E-state index contributed by atoms with van der Waals surface area (Å²) in [5, 5.41) is 3.16. The van der Waals surface area contributed by atoms with Crippen LogP contribution in [-0.2, 0) is 0 Å². The molecule has 4 heteroatoms. The summed E-state index contributed by atoms with van der Waals surface area (Å²) < 4.78 is 0. The van der Waals surface area contributed by atoms with Crippen molar-refractivity contribution >= 4 is 11.7 Å². The lowest BCUT2D eigenvalue weighted by atomic mass is 10.1. The summed E-state index contributed by atoms with van der Waals surface area (Å²) in [7, 11) is 0. The van der Waals surface area contributed by atoms with Crippen LogP contribution in [0, 0.1) is 11.8 Å². The van der Waals surface area contributed by atoms with Crippen LogP contribution in [0.15, 0.2) is 18.3 Å². The van der Waals surface area contributed by atoms with Crippen LogP contribution in [0.4, 0.5) is 5.82 Å². The van der Waals surface area contributed by atoms with E-state index in [1.54, 1.807) is 18.3 Å². The summed E-state index contributed by atoms with van der Waals surface area (Å²) in [6.07, 6.45) is 6.60. The largest absolute Gasteiger partial charge is 0.384 e. The Morgan fingerprint density at radius 2 is 1.94 bits per heavy atom. The molecule has 1 amide bonds. The zero-order valence-corrected chi connectivity index (χ0v) is 9.73. The molecule has 0 aromatic carbocycles. The molecule has 0 radical (unpaired) electrons. The van der Waals surface area contributed by atoms with E-state index in [4.69, 9.17) is 5.73 Å². The topological polar surface area (TPSA) is 68.0 Å². The van der Waals surface area contributed by atoms with Gasteiger partial charge in [0, 0.05) is 12.2 Å². The Morgan fingerprint density at radius 1 is 1.29 bits per heavy atom. The summed E-state index contributed by atoms with van der Waals surface area (Å²) in [6, 6.07) is 3.78. The molecule has 1 heterocycles. The maximum Gasteiger partial charge on any atom is 0.253 e. The Bertz CT molecular complexity index is 409. The second-order valence-electron chi connectivity index (χ2n) is 5.15. The highest BCUT2D eigenvalue weighted by Gasteiger charge is 2.42. The van der Waals surface area contributed by atoms with Crippen LogP contribution in [0.25, 0.3) is 0 Å². The molecule has 0 spiro atoms. The standard InChI is InChI=1S/C13H17N3O/c14-11-6-5-10(7-15-11)13(17)16-12(8-1-2-8)9-3-4-9/h5-9,12H,1-4H2,(H2,14,15)(H,16,17). The van der Waals surface area contributed by atoms with Crippen molar-refractivity contribution in [3.63, 3.8) is 0 Å². The van der Waals surface area contributed by atoms with Crippen molar-refractivity contribution in [2.24, 2.45) is 11.8 Å². The van der Waals surface area contributed by atoms with Gasteiger partial charge in [-0.3, -0.25) is 4.79 Å². The number of nitrogens with two attached hydrogens (primary N) is 1. The van der Waals surface area contributed by atoms with Crippen LogP contribution < -0.4 is 11.1 Å². The summed E-state index contributed by atoms with van der Waals surface area (Å²) in [5.41, 5.74) is 6.10. The lowest BCUT2D eigenvalue weighted by molar-refractivity contribution is 0.0926. The van der Waals surface area contributed by atoms with Gasteiger partial charge in [-0.05, 0) is 49.7 Å². The van der Waals surface area contributed by atoms with E-state index in [2.05, 4.69) is 10.3 Å². The predicted molar refractivity (Wildman–Crippen MR) is 65.4 cm³/mol. The third kappa shape index (κ3) is 2.40. The molecule has 90 valence electrons. The molecule has 17 heavy (non-hydrogen) atoms. The summed E-state index contributed by atoms with van der Waals surface area (Å²) >= 11 is 0. The van der Waals surface area contributed by atoms with E-state index in [9.17, 15) is 4.79 Å². The van der Waals surface area contributed by atoms with E-state index < -0.39 is 0 Å². The number of nitrogen functional groups attached to an aromatic ring is 1. The van der Waals surface area contributed by atoms with Gasteiger partial charge in [0.05, 0.1) is 5.56 Å². The molecule has 0 saturated heterocycles. The molecule has 2 fully saturated rings. The number of hydrogen-bond acceptors (Lipinski definition) is 3. The van der Waals surface area contributed by atoms with E-state index in [0.717, 1.165) is 0 Å². The molecule has 1 aromatic heterocycles. The highest BCUT2D eigenvalue weighted by Crippen LogP contribution is 2.44. The van der Waals surface area contributed by atoms with Gasteiger partial charge in [-0.1, -0.05) is 0 Å².